The van der Waals surface area contributed by atoms with Gasteiger partial charge < -0.3 is 10.1 Å². The van der Waals surface area contributed by atoms with E-state index in [-0.39, 0.29) is 5.91 Å². The van der Waals surface area contributed by atoms with Crippen molar-refractivity contribution in [2.24, 2.45) is 0 Å². The second-order valence-corrected chi connectivity index (χ2v) is 7.07. The highest BCUT2D eigenvalue weighted by Crippen LogP contribution is 2.20. The van der Waals surface area contributed by atoms with Gasteiger partial charge in [0.15, 0.2) is 0 Å². The number of amides is 1. The first-order valence-electron chi connectivity index (χ1n) is 7.88. The average Bonchev–Trinajstić information content (AvgIpc) is 3.18. The first-order chi connectivity index (χ1) is 12.3. The molecule has 0 bridgehead atoms. The van der Waals surface area contributed by atoms with E-state index < -0.39 is 0 Å². The van der Waals surface area contributed by atoms with Gasteiger partial charge in [-0.05, 0) is 24.3 Å². The van der Waals surface area contributed by atoms with E-state index in [0.717, 1.165) is 11.4 Å². The third-order valence-corrected chi connectivity index (χ3v) is 5.04. The number of para-hydroxylation sites is 1. The molecular formula is C19H18N2O2S2. The molecule has 1 heterocycles. The molecule has 0 radical (unpaired) electrons. The Balaban J connectivity index is 1.51. The molecule has 0 atom stereocenters. The van der Waals surface area contributed by atoms with Crippen LogP contribution in [0.4, 0.5) is 0 Å². The van der Waals surface area contributed by atoms with Crippen LogP contribution < -0.4 is 10.1 Å². The van der Waals surface area contributed by atoms with Crippen LogP contribution in [0.5, 0.6) is 5.75 Å². The summed E-state index contributed by atoms with van der Waals surface area (Å²) in [7, 11) is 0. The predicted octanol–water partition coefficient (Wildman–Crippen LogP) is 4.24. The van der Waals surface area contributed by atoms with Crippen LogP contribution in [0.3, 0.4) is 0 Å². The molecule has 4 nitrogen and oxygen atoms in total. The van der Waals surface area contributed by atoms with E-state index in [1.54, 1.807) is 29.4 Å². The predicted molar refractivity (Wildman–Crippen MR) is 102 cm³/mol. The van der Waals surface area contributed by atoms with Gasteiger partial charge in [0.2, 0.25) is 0 Å². The molecular weight excluding hydrogens is 352 g/mol. The molecule has 1 amide bonds. The monoisotopic (exact) mass is 370 g/mol. The van der Waals surface area contributed by atoms with Gasteiger partial charge in [-0.2, -0.15) is 0 Å². The summed E-state index contributed by atoms with van der Waals surface area (Å²) in [5.74, 6) is 1.27. The van der Waals surface area contributed by atoms with E-state index in [1.165, 1.54) is 16.2 Å². The summed E-state index contributed by atoms with van der Waals surface area (Å²) in [6.45, 7) is 0.955. The largest absolute Gasteiger partial charge is 0.486 e. The average molecular weight is 370 g/mol. The molecule has 0 saturated heterocycles. The summed E-state index contributed by atoms with van der Waals surface area (Å²) >= 11 is 3.24. The SMILES string of the molecule is O=C(NCCSc1ccccc1)c1ccccc1OCc1cscn1. The number of aromatic nitrogens is 1. The highest BCUT2D eigenvalue weighted by atomic mass is 32.2. The molecule has 0 fully saturated rings. The number of hydrogen-bond donors (Lipinski definition) is 1. The summed E-state index contributed by atoms with van der Waals surface area (Å²) in [6, 6.07) is 17.4. The van der Waals surface area contributed by atoms with E-state index in [9.17, 15) is 4.79 Å². The molecule has 2 aromatic carbocycles. The van der Waals surface area contributed by atoms with Crippen LogP contribution in [-0.2, 0) is 6.61 Å². The van der Waals surface area contributed by atoms with Crippen molar-refractivity contribution >= 4 is 29.0 Å². The van der Waals surface area contributed by atoms with Crippen molar-refractivity contribution in [1.29, 1.82) is 0 Å². The number of thiazole rings is 1. The molecule has 1 aromatic heterocycles. The molecule has 1 N–H and O–H groups in total. The molecule has 0 unspecified atom stereocenters. The molecule has 0 spiro atoms. The Labute approximate surface area is 155 Å². The first kappa shape index (κ1) is 17.5. The zero-order chi connectivity index (χ0) is 17.3. The number of thioether (sulfide) groups is 1. The van der Waals surface area contributed by atoms with Crippen molar-refractivity contribution in [1.82, 2.24) is 10.3 Å². The Kier molecular flexibility index (Phi) is 6.48. The van der Waals surface area contributed by atoms with Crippen LogP contribution in [-0.4, -0.2) is 23.2 Å². The number of nitrogens with one attached hydrogen (secondary N) is 1. The zero-order valence-corrected chi connectivity index (χ0v) is 15.2. The number of carbonyl (C=O) groups is 1. The van der Waals surface area contributed by atoms with Gasteiger partial charge in [0.05, 0.1) is 16.8 Å². The van der Waals surface area contributed by atoms with Gasteiger partial charge >= 0.3 is 0 Å². The topological polar surface area (TPSA) is 51.2 Å². The molecule has 6 heteroatoms. The van der Waals surface area contributed by atoms with Gasteiger partial charge in [0.25, 0.3) is 5.91 Å². The summed E-state index contributed by atoms with van der Waals surface area (Å²) < 4.78 is 5.76. The molecule has 25 heavy (non-hydrogen) atoms. The minimum absolute atomic E-state index is 0.123. The van der Waals surface area contributed by atoms with Gasteiger partial charge in [-0.3, -0.25) is 4.79 Å². The van der Waals surface area contributed by atoms with Crippen molar-refractivity contribution in [3.05, 3.63) is 76.7 Å². The highest BCUT2D eigenvalue weighted by Gasteiger charge is 2.12. The smallest absolute Gasteiger partial charge is 0.255 e. The van der Waals surface area contributed by atoms with Crippen LogP contribution in [0.1, 0.15) is 16.1 Å². The van der Waals surface area contributed by atoms with E-state index in [4.69, 9.17) is 4.74 Å². The summed E-state index contributed by atoms with van der Waals surface area (Å²) in [5.41, 5.74) is 3.17. The van der Waals surface area contributed by atoms with Crippen molar-refractivity contribution < 1.29 is 9.53 Å². The van der Waals surface area contributed by atoms with Gasteiger partial charge in [0.1, 0.15) is 12.4 Å². The van der Waals surface area contributed by atoms with Crippen LogP contribution in [0.2, 0.25) is 0 Å². The lowest BCUT2D eigenvalue weighted by Gasteiger charge is -2.11. The van der Waals surface area contributed by atoms with Crippen LogP contribution >= 0.6 is 23.1 Å². The van der Waals surface area contributed by atoms with Crippen LogP contribution in [0.25, 0.3) is 0 Å². The van der Waals surface area contributed by atoms with Gasteiger partial charge in [-0.25, -0.2) is 4.98 Å². The van der Waals surface area contributed by atoms with Gasteiger partial charge in [-0.15, -0.1) is 23.1 Å². The minimum atomic E-state index is -0.123. The molecule has 128 valence electrons. The third-order valence-electron chi connectivity index (χ3n) is 3.39. The van der Waals surface area contributed by atoms with Crippen LogP contribution in [0, 0.1) is 0 Å². The Morgan fingerprint density at radius 1 is 1.12 bits per heavy atom. The lowest BCUT2D eigenvalue weighted by Crippen LogP contribution is -2.26. The molecule has 3 aromatic rings. The number of benzene rings is 2. The minimum Gasteiger partial charge on any atom is -0.486 e. The number of carbonyl (C=O) groups excluding carboxylic acids is 1. The zero-order valence-electron chi connectivity index (χ0n) is 13.6. The molecule has 0 saturated carbocycles. The Bertz CT molecular complexity index is 792. The second-order valence-electron chi connectivity index (χ2n) is 5.18. The Morgan fingerprint density at radius 3 is 2.72 bits per heavy atom. The van der Waals surface area contributed by atoms with E-state index in [1.807, 2.05) is 35.7 Å². The lowest BCUT2D eigenvalue weighted by atomic mass is 10.2. The van der Waals surface area contributed by atoms with Crippen molar-refractivity contribution in [2.45, 2.75) is 11.5 Å². The normalized spacial score (nSPS) is 10.4. The maximum atomic E-state index is 12.4. The van der Waals surface area contributed by atoms with Crippen molar-refractivity contribution in [3.63, 3.8) is 0 Å². The highest BCUT2D eigenvalue weighted by molar-refractivity contribution is 7.99. The molecule has 0 aliphatic rings. The van der Waals surface area contributed by atoms with Gasteiger partial charge in [0, 0.05) is 22.6 Å². The second kappa shape index (κ2) is 9.25. The fraction of sp³-hybridized carbons (Fsp3) is 0.158. The number of rotatable bonds is 8. The van der Waals surface area contributed by atoms with Gasteiger partial charge in [-0.1, -0.05) is 30.3 Å². The van der Waals surface area contributed by atoms with E-state index in [2.05, 4.69) is 22.4 Å². The lowest BCUT2D eigenvalue weighted by molar-refractivity contribution is 0.0951. The quantitative estimate of drug-likeness (QED) is 0.476. The van der Waals surface area contributed by atoms with Crippen molar-refractivity contribution in [3.8, 4) is 5.75 Å². The van der Waals surface area contributed by atoms with Crippen molar-refractivity contribution in [2.75, 3.05) is 12.3 Å². The number of hydrogen-bond acceptors (Lipinski definition) is 5. The maximum Gasteiger partial charge on any atom is 0.255 e. The fourth-order valence-corrected chi connectivity index (χ4v) is 3.52. The fourth-order valence-electron chi connectivity index (χ4n) is 2.19. The Hall–Kier alpha value is -2.31. The Morgan fingerprint density at radius 2 is 1.92 bits per heavy atom. The standard InChI is InChI=1S/C19H18N2O2S2/c22-19(20-10-11-25-16-6-2-1-3-7-16)17-8-4-5-9-18(17)23-12-15-13-24-14-21-15/h1-9,13-14H,10-12H2,(H,20,22). The molecule has 3 rings (SSSR count). The molecule has 0 aliphatic heterocycles. The van der Waals surface area contributed by atoms with E-state index >= 15 is 0 Å². The number of nitrogens with zero attached hydrogens (tertiary/aromatic N) is 1. The maximum absolute atomic E-state index is 12.4. The first-order valence-corrected chi connectivity index (χ1v) is 9.81. The molecule has 0 aliphatic carbocycles. The number of ether oxygens (including phenoxy) is 1. The third kappa shape index (κ3) is 5.34. The van der Waals surface area contributed by atoms with Crippen LogP contribution in [0.15, 0.2) is 70.4 Å². The summed E-state index contributed by atoms with van der Waals surface area (Å²) in [6.07, 6.45) is 0. The van der Waals surface area contributed by atoms with E-state index in [0.29, 0.717) is 24.5 Å². The summed E-state index contributed by atoms with van der Waals surface area (Å²) in [4.78, 5) is 17.8. The summed E-state index contributed by atoms with van der Waals surface area (Å²) in [5, 5.41) is 4.88.